The average molecular weight is 333 g/mol. The van der Waals surface area contributed by atoms with Gasteiger partial charge in [0, 0.05) is 23.7 Å². The number of nitrogens with zero attached hydrogens (tertiary/aromatic N) is 1. The van der Waals surface area contributed by atoms with Crippen LogP contribution in [0, 0.1) is 0 Å². The van der Waals surface area contributed by atoms with Crippen LogP contribution in [0.3, 0.4) is 0 Å². The van der Waals surface area contributed by atoms with Gasteiger partial charge in [-0.25, -0.2) is 13.1 Å². The fourth-order valence-corrected chi connectivity index (χ4v) is 3.49. The number of aliphatic hydroxyl groups is 1. The Labute approximate surface area is 131 Å². The molecule has 1 aromatic carbocycles. The fraction of sp³-hybridized carbons (Fsp3) is 0.571. The van der Waals surface area contributed by atoms with Crippen molar-refractivity contribution in [1.82, 2.24) is 9.62 Å². The molecule has 0 amide bonds. The number of hydrogen-bond donors (Lipinski definition) is 2. The van der Waals surface area contributed by atoms with Crippen molar-refractivity contribution in [3.63, 3.8) is 0 Å². The Kier molecular flexibility index (Phi) is 5.27. The summed E-state index contributed by atoms with van der Waals surface area (Å²) >= 11 is 5.88. The zero-order chi connectivity index (χ0) is 15.6. The van der Waals surface area contributed by atoms with Gasteiger partial charge >= 0.3 is 0 Å². The van der Waals surface area contributed by atoms with Crippen molar-refractivity contribution in [3.05, 3.63) is 28.8 Å². The van der Waals surface area contributed by atoms with Gasteiger partial charge in [-0.05, 0) is 50.6 Å². The first kappa shape index (κ1) is 16.7. The second-order valence-electron chi connectivity index (χ2n) is 5.51. The van der Waals surface area contributed by atoms with Crippen molar-refractivity contribution >= 4 is 21.6 Å². The number of benzene rings is 1. The van der Waals surface area contributed by atoms with Crippen molar-refractivity contribution in [2.75, 3.05) is 13.6 Å². The van der Waals surface area contributed by atoms with Crippen LogP contribution in [0.1, 0.15) is 25.3 Å². The van der Waals surface area contributed by atoms with E-state index in [1.165, 1.54) is 31.0 Å². The van der Waals surface area contributed by atoms with E-state index in [-0.39, 0.29) is 17.5 Å². The molecular weight excluding hydrogens is 312 g/mol. The highest BCUT2D eigenvalue weighted by atomic mass is 35.5. The molecule has 7 heteroatoms. The van der Waals surface area contributed by atoms with Gasteiger partial charge in [-0.15, -0.1) is 0 Å². The van der Waals surface area contributed by atoms with Crippen molar-refractivity contribution in [1.29, 1.82) is 0 Å². The molecule has 1 fully saturated rings. The first-order valence-corrected chi connectivity index (χ1v) is 8.82. The van der Waals surface area contributed by atoms with E-state index < -0.39 is 10.0 Å². The lowest BCUT2D eigenvalue weighted by Gasteiger charge is -2.24. The van der Waals surface area contributed by atoms with Gasteiger partial charge in [0.05, 0.1) is 11.5 Å². The highest BCUT2D eigenvalue weighted by Gasteiger charge is 2.29. The molecule has 0 heterocycles. The largest absolute Gasteiger partial charge is 0.392 e. The maximum absolute atomic E-state index is 12.3. The minimum atomic E-state index is -3.59. The maximum atomic E-state index is 12.3. The second kappa shape index (κ2) is 6.62. The third-order valence-electron chi connectivity index (χ3n) is 3.88. The van der Waals surface area contributed by atoms with Crippen molar-refractivity contribution in [3.8, 4) is 0 Å². The molecule has 1 unspecified atom stereocenters. The van der Waals surface area contributed by atoms with E-state index in [1.54, 1.807) is 0 Å². The van der Waals surface area contributed by atoms with Crippen LogP contribution < -0.4 is 4.72 Å². The van der Waals surface area contributed by atoms with E-state index in [4.69, 9.17) is 16.7 Å². The van der Waals surface area contributed by atoms with Crippen molar-refractivity contribution in [2.24, 2.45) is 0 Å². The van der Waals surface area contributed by atoms with E-state index in [0.29, 0.717) is 23.2 Å². The molecule has 0 spiro atoms. The van der Waals surface area contributed by atoms with Gasteiger partial charge in [-0.1, -0.05) is 11.6 Å². The Balaban J connectivity index is 2.04. The third-order valence-corrected chi connectivity index (χ3v) is 5.67. The second-order valence-corrected chi connectivity index (χ2v) is 7.68. The summed E-state index contributed by atoms with van der Waals surface area (Å²) in [5.74, 6) is 0. The molecule has 1 aliphatic carbocycles. The van der Waals surface area contributed by atoms with E-state index in [2.05, 4.69) is 9.62 Å². The lowest BCUT2D eigenvalue weighted by Crippen LogP contribution is -2.41. The SMILES string of the molecule is CC(CNS(=O)(=O)c1ccc(Cl)c(CO)c1)N(C)C1CC1. The molecule has 1 atom stereocenters. The predicted octanol–water partition coefficient (Wildman–Crippen LogP) is 1.59. The van der Waals surface area contributed by atoms with E-state index in [9.17, 15) is 8.42 Å². The van der Waals surface area contributed by atoms with E-state index >= 15 is 0 Å². The third kappa shape index (κ3) is 4.17. The van der Waals surface area contributed by atoms with Crippen LogP contribution in [0.25, 0.3) is 0 Å². The number of rotatable bonds is 7. The monoisotopic (exact) mass is 332 g/mol. The molecule has 21 heavy (non-hydrogen) atoms. The summed E-state index contributed by atoms with van der Waals surface area (Å²) in [6.07, 6.45) is 2.37. The molecule has 1 aliphatic rings. The Hall–Kier alpha value is -0.660. The maximum Gasteiger partial charge on any atom is 0.240 e. The summed E-state index contributed by atoms with van der Waals surface area (Å²) in [7, 11) is -1.57. The molecule has 0 aromatic heterocycles. The number of hydrogen-bond acceptors (Lipinski definition) is 4. The van der Waals surface area contributed by atoms with Crippen LogP contribution >= 0.6 is 11.6 Å². The molecule has 0 saturated heterocycles. The Morgan fingerprint density at radius 3 is 2.71 bits per heavy atom. The smallest absolute Gasteiger partial charge is 0.240 e. The summed E-state index contributed by atoms with van der Waals surface area (Å²) < 4.78 is 27.2. The summed E-state index contributed by atoms with van der Waals surface area (Å²) in [6.45, 7) is 2.07. The van der Waals surface area contributed by atoms with Crippen molar-refractivity contribution in [2.45, 2.75) is 43.4 Å². The summed E-state index contributed by atoms with van der Waals surface area (Å²) in [6, 6.07) is 5.05. The zero-order valence-electron chi connectivity index (χ0n) is 12.2. The van der Waals surface area contributed by atoms with Gasteiger partial charge < -0.3 is 5.11 Å². The average Bonchev–Trinajstić information content (AvgIpc) is 3.29. The summed E-state index contributed by atoms with van der Waals surface area (Å²) in [5, 5.41) is 9.52. The van der Waals surface area contributed by atoms with Gasteiger partial charge in [0.1, 0.15) is 0 Å². The van der Waals surface area contributed by atoms with Gasteiger partial charge in [-0.3, -0.25) is 4.90 Å². The number of halogens is 1. The standard InChI is InChI=1S/C14H21ClN2O3S/c1-10(17(2)12-3-4-12)8-16-21(19,20)13-5-6-14(15)11(7-13)9-18/h5-7,10,12,16,18H,3-4,8-9H2,1-2H3. The lowest BCUT2D eigenvalue weighted by molar-refractivity contribution is 0.248. The number of aliphatic hydroxyl groups excluding tert-OH is 1. The minimum absolute atomic E-state index is 0.122. The van der Waals surface area contributed by atoms with E-state index in [0.717, 1.165) is 0 Å². The lowest BCUT2D eigenvalue weighted by atomic mass is 10.2. The molecular formula is C14H21ClN2O3S. The molecule has 5 nitrogen and oxygen atoms in total. The molecule has 1 aromatic rings. The molecule has 0 radical (unpaired) electrons. The minimum Gasteiger partial charge on any atom is -0.392 e. The highest BCUT2D eigenvalue weighted by molar-refractivity contribution is 7.89. The number of sulfonamides is 1. The Bertz CT molecular complexity index is 602. The number of likely N-dealkylation sites (N-methyl/N-ethyl adjacent to an activating group) is 1. The van der Waals surface area contributed by atoms with Gasteiger partial charge in [0.15, 0.2) is 0 Å². The predicted molar refractivity (Wildman–Crippen MR) is 82.8 cm³/mol. The van der Waals surface area contributed by atoms with Crippen LogP contribution in [0.15, 0.2) is 23.1 Å². The highest BCUT2D eigenvalue weighted by Crippen LogP contribution is 2.27. The molecule has 1 saturated carbocycles. The topological polar surface area (TPSA) is 69.6 Å². The molecule has 0 aliphatic heterocycles. The summed E-state index contributed by atoms with van der Waals surface area (Å²) in [5.41, 5.74) is 0.405. The quantitative estimate of drug-likeness (QED) is 0.795. The van der Waals surface area contributed by atoms with Gasteiger partial charge in [0.25, 0.3) is 0 Å². The molecule has 2 N–H and O–H groups in total. The van der Waals surface area contributed by atoms with Crippen LogP contribution in [-0.4, -0.2) is 44.1 Å². The zero-order valence-corrected chi connectivity index (χ0v) is 13.8. The Morgan fingerprint density at radius 1 is 1.48 bits per heavy atom. The van der Waals surface area contributed by atoms with Gasteiger partial charge in [-0.2, -0.15) is 0 Å². The summed E-state index contributed by atoms with van der Waals surface area (Å²) in [4.78, 5) is 2.32. The van der Waals surface area contributed by atoms with E-state index in [1.807, 2.05) is 14.0 Å². The normalized spacial score (nSPS) is 17.2. The Morgan fingerprint density at radius 2 is 2.14 bits per heavy atom. The van der Waals surface area contributed by atoms with Crippen LogP contribution in [0.2, 0.25) is 5.02 Å². The number of nitrogens with one attached hydrogen (secondary N) is 1. The van der Waals surface area contributed by atoms with Crippen LogP contribution in [0.5, 0.6) is 0 Å². The molecule has 118 valence electrons. The fourth-order valence-electron chi connectivity index (χ4n) is 2.14. The molecule has 0 bridgehead atoms. The van der Waals surface area contributed by atoms with Crippen LogP contribution in [-0.2, 0) is 16.6 Å². The van der Waals surface area contributed by atoms with Crippen LogP contribution in [0.4, 0.5) is 0 Å². The first-order chi connectivity index (χ1) is 9.85. The van der Waals surface area contributed by atoms with Gasteiger partial charge in [0.2, 0.25) is 10.0 Å². The first-order valence-electron chi connectivity index (χ1n) is 6.96. The molecule has 2 rings (SSSR count). The van der Waals surface area contributed by atoms with Crippen molar-refractivity contribution < 1.29 is 13.5 Å².